The molecule has 0 aliphatic heterocycles. The van der Waals surface area contributed by atoms with Crippen LogP contribution in [0.1, 0.15) is 29.7 Å². The van der Waals surface area contributed by atoms with Crippen LogP contribution in [-0.2, 0) is 6.54 Å². The first-order chi connectivity index (χ1) is 9.06. The molecule has 0 heterocycles. The number of phenolic OH excluding ortho intramolecular Hbond substituents is 1. The number of rotatable bonds is 4. The van der Waals surface area contributed by atoms with Crippen molar-refractivity contribution < 1.29 is 9.50 Å². The Balaban J connectivity index is 2.02. The molecule has 3 heteroatoms. The van der Waals surface area contributed by atoms with Crippen molar-refractivity contribution in [3.05, 3.63) is 65.0 Å². The van der Waals surface area contributed by atoms with Crippen LogP contribution in [0.3, 0.4) is 0 Å². The Kier molecular flexibility index (Phi) is 4.17. The quantitative estimate of drug-likeness (QED) is 0.877. The number of nitrogens with one attached hydrogen (secondary N) is 1. The second-order valence-electron chi connectivity index (χ2n) is 4.79. The largest absolute Gasteiger partial charge is 0.508 e. The van der Waals surface area contributed by atoms with Crippen molar-refractivity contribution in [3.63, 3.8) is 0 Å². The van der Waals surface area contributed by atoms with Crippen LogP contribution in [0, 0.1) is 12.7 Å². The first kappa shape index (κ1) is 13.6. The fourth-order valence-corrected chi connectivity index (χ4v) is 1.99. The number of phenols is 1. The SMILES string of the molecule is Cc1ccc(O)c(CNC(C)c2ccc(F)cc2)c1. The standard InChI is InChI=1S/C16H18FNO/c1-11-3-8-16(19)14(9-11)10-18-12(2)13-4-6-15(17)7-5-13/h3-9,12,18-19H,10H2,1-2H3. The first-order valence-electron chi connectivity index (χ1n) is 6.33. The summed E-state index contributed by atoms with van der Waals surface area (Å²) in [5.41, 5.74) is 3.01. The van der Waals surface area contributed by atoms with Gasteiger partial charge in [0.05, 0.1) is 0 Å². The fraction of sp³-hybridized carbons (Fsp3) is 0.250. The lowest BCUT2D eigenvalue weighted by atomic mass is 10.1. The van der Waals surface area contributed by atoms with Crippen molar-refractivity contribution in [1.82, 2.24) is 5.32 Å². The van der Waals surface area contributed by atoms with Crippen molar-refractivity contribution >= 4 is 0 Å². The molecule has 2 N–H and O–H groups in total. The van der Waals surface area contributed by atoms with Gasteiger partial charge in [0.25, 0.3) is 0 Å². The third-order valence-corrected chi connectivity index (χ3v) is 3.20. The molecule has 2 nitrogen and oxygen atoms in total. The molecular weight excluding hydrogens is 241 g/mol. The van der Waals surface area contributed by atoms with E-state index in [2.05, 4.69) is 5.32 Å². The van der Waals surface area contributed by atoms with Crippen molar-refractivity contribution in [3.8, 4) is 5.75 Å². The van der Waals surface area contributed by atoms with E-state index in [0.717, 1.165) is 16.7 Å². The van der Waals surface area contributed by atoms with Crippen LogP contribution in [0.2, 0.25) is 0 Å². The van der Waals surface area contributed by atoms with Crippen LogP contribution in [0.15, 0.2) is 42.5 Å². The third kappa shape index (κ3) is 3.55. The van der Waals surface area contributed by atoms with Gasteiger partial charge in [-0.25, -0.2) is 4.39 Å². The Labute approximate surface area is 112 Å². The van der Waals surface area contributed by atoms with E-state index in [1.165, 1.54) is 12.1 Å². The van der Waals surface area contributed by atoms with Crippen LogP contribution in [-0.4, -0.2) is 5.11 Å². The van der Waals surface area contributed by atoms with Gasteiger partial charge in [0, 0.05) is 18.2 Å². The Morgan fingerprint density at radius 2 is 1.84 bits per heavy atom. The minimum absolute atomic E-state index is 0.0977. The summed E-state index contributed by atoms with van der Waals surface area (Å²) in [5, 5.41) is 13.1. The smallest absolute Gasteiger partial charge is 0.123 e. The molecular formula is C16H18FNO. The van der Waals surface area contributed by atoms with Gasteiger partial charge in [0.2, 0.25) is 0 Å². The van der Waals surface area contributed by atoms with Crippen molar-refractivity contribution in [2.75, 3.05) is 0 Å². The molecule has 0 radical (unpaired) electrons. The van der Waals surface area contributed by atoms with E-state index >= 15 is 0 Å². The summed E-state index contributed by atoms with van der Waals surface area (Å²) in [5.74, 6) is 0.0664. The summed E-state index contributed by atoms with van der Waals surface area (Å²) in [7, 11) is 0. The maximum absolute atomic E-state index is 12.8. The number of halogens is 1. The summed E-state index contributed by atoms with van der Waals surface area (Å²) < 4.78 is 12.8. The Bertz CT molecular complexity index is 551. The van der Waals surface area contributed by atoms with E-state index in [1.54, 1.807) is 18.2 Å². The maximum atomic E-state index is 12.8. The van der Waals surface area contributed by atoms with Crippen LogP contribution >= 0.6 is 0 Å². The average Bonchev–Trinajstić information content (AvgIpc) is 2.40. The molecule has 2 rings (SSSR count). The van der Waals surface area contributed by atoms with Gasteiger partial charge in [-0.15, -0.1) is 0 Å². The molecule has 0 saturated heterocycles. The molecule has 0 bridgehead atoms. The molecule has 1 atom stereocenters. The predicted octanol–water partition coefficient (Wildman–Crippen LogP) is 3.69. The van der Waals surface area contributed by atoms with Gasteiger partial charge in [0.15, 0.2) is 0 Å². The molecule has 0 aromatic heterocycles. The lowest BCUT2D eigenvalue weighted by molar-refractivity contribution is 0.460. The topological polar surface area (TPSA) is 32.3 Å². The molecule has 100 valence electrons. The first-order valence-corrected chi connectivity index (χ1v) is 6.33. The molecule has 0 amide bonds. The zero-order chi connectivity index (χ0) is 13.8. The predicted molar refractivity (Wildman–Crippen MR) is 74.5 cm³/mol. The van der Waals surface area contributed by atoms with E-state index in [-0.39, 0.29) is 11.9 Å². The highest BCUT2D eigenvalue weighted by molar-refractivity contribution is 5.35. The lowest BCUT2D eigenvalue weighted by Gasteiger charge is -2.15. The van der Waals surface area contributed by atoms with Gasteiger partial charge >= 0.3 is 0 Å². The van der Waals surface area contributed by atoms with Gasteiger partial charge in [-0.2, -0.15) is 0 Å². The summed E-state index contributed by atoms with van der Waals surface area (Å²) in [6.45, 7) is 4.58. The molecule has 1 unspecified atom stereocenters. The van der Waals surface area contributed by atoms with Gasteiger partial charge in [-0.1, -0.05) is 29.8 Å². The molecule has 0 saturated carbocycles. The van der Waals surface area contributed by atoms with Gasteiger partial charge in [-0.3, -0.25) is 0 Å². The van der Waals surface area contributed by atoms with Crippen LogP contribution in [0.25, 0.3) is 0 Å². The molecule has 0 aliphatic rings. The summed E-state index contributed by atoms with van der Waals surface area (Å²) in [6.07, 6.45) is 0. The number of aromatic hydroxyl groups is 1. The number of benzene rings is 2. The summed E-state index contributed by atoms with van der Waals surface area (Å²) >= 11 is 0. The Morgan fingerprint density at radius 1 is 1.16 bits per heavy atom. The molecule has 2 aromatic carbocycles. The van der Waals surface area contributed by atoms with Gasteiger partial charge in [0.1, 0.15) is 11.6 Å². The van der Waals surface area contributed by atoms with Crippen LogP contribution in [0.5, 0.6) is 5.75 Å². The zero-order valence-corrected chi connectivity index (χ0v) is 11.2. The molecule has 0 fully saturated rings. The summed E-state index contributed by atoms with van der Waals surface area (Å²) in [4.78, 5) is 0. The fourth-order valence-electron chi connectivity index (χ4n) is 1.99. The highest BCUT2D eigenvalue weighted by Gasteiger charge is 2.07. The zero-order valence-electron chi connectivity index (χ0n) is 11.2. The minimum atomic E-state index is -0.229. The van der Waals surface area contributed by atoms with E-state index in [1.807, 2.05) is 26.0 Å². The normalized spacial score (nSPS) is 12.4. The van der Waals surface area contributed by atoms with Crippen molar-refractivity contribution in [2.45, 2.75) is 26.4 Å². The van der Waals surface area contributed by atoms with Gasteiger partial charge < -0.3 is 10.4 Å². The Hall–Kier alpha value is -1.87. The average molecular weight is 259 g/mol. The highest BCUT2D eigenvalue weighted by atomic mass is 19.1. The molecule has 0 spiro atoms. The second-order valence-corrected chi connectivity index (χ2v) is 4.79. The number of aryl methyl sites for hydroxylation is 1. The van der Waals surface area contributed by atoms with Crippen molar-refractivity contribution in [1.29, 1.82) is 0 Å². The molecule has 0 aliphatic carbocycles. The third-order valence-electron chi connectivity index (χ3n) is 3.20. The molecule has 19 heavy (non-hydrogen) atoms. The van der Waals surface area contributed by atoms with E-state index in [4.69, 9.17) is 0 Å². The van der Waals surface area contributed by atoms with Crippen LogP contribution in [0.4, 0.5) is 4.39 Å². The minimum Gasteiger partial charge on any atom is -0.508 e. The number of hydrogen-bond donors (Lipinski definition) is 2. The van der Waals surface area contributed by atoms with Gasteiger partial charge in [-0.05, 0) is 37.6 Å². The van der Waals surface area contributed by atoms with E-state index in [9.17, 15) is 9.50 Å². The highest BCUT2D eigenvalue weighted by Crippen LogP contribution is 2.20. The lowest BCUT2D eigenvalue weighted by Crippen LogP contribution is -2.18. The van der Waals surface area contributed by atoms with Crippen molar-refractivity contribution in [2.24, 2.45) is 0 Å². The molecule has 2 aromatic rings. The Morgan fingerprint density at radius 3 is 2.53 bits per heavy atom. The van der Waals surface area contributed by atoms with E-state index in [0.29, 0.717) is 12.3 Å². The number of hydrogen-bond acceptors (Lipinski definition) is 2. The monoisotopic (exact) mass is 259 g/mol. The second kappa shape index (κ2) is 5.85. The van der Waals surface area contributed by atoms with Crippen LogP contribution < -0.4 is 5.32 Å². The van der Waals surface area contributed by atoms with E-state index < -0.39 is 0 Å². The summed E-state index contributed by atoms with van der Waals surface area (Å²) in [6, 6.07) is 12.1. The maximum Gasteiger partial charge on any atom is 0.123 e.